The van der Waals surface area contributed by atoms with Crippen LogP contribution in [0.25, 0.3) is 0 Å². The van der Waals surface area contributed by atoms with E-state index in [4.69, 9.17) is 4.52 Å². The zero-order valence-corrected chi connectivity index (χ0v) is 12.2. The van der Waals surface area contributed by atoms with Gasteiger partial charge in [-0.15, -0.1) is 0 Å². The Morgan fingerprint density at radius 2 is 2.25 bits per heavy atom. The molecule has 6 nitrogen and oxygen atoms in total. The number of hydrogen-bond donors (Lipinski definition) is 1. The van der Waals surface area contributed by atoms with E-state index in [0.717, 1.165) is 12.4 Å². The van der Waals surface area contributed by atoms with Gasteiger partial charge in [0.05, 0.1) is 18.8 Å². The van der Waals surface area contributed by atoms with Crippen molar-refractivity contribution in [2.75, 3.05) is 0 Å². The van der Waals surface area contributed by atoms with E-state index in [1.54, 1.807) is 0 Å². The third kappa shape index (κ3) is 3.07. The Morgan fingerprint density at radius 3 is 2.90 bits per heavy atom. The SMILES string of the molecule is Cc1cnn(C[C@H](C)N[C@@H](C)c2nc(C3CC3)no2)c1. The maximum absolute atomic E-state index is 5.34. The molecule has 1 aliphatic carbocycles. The third-order valence-corrected chi connectivity index (χ3v) is 3.53. The van der Waals surface area contributed by atoms with Gasteiger partial charge in [0.1, 0.15) is 0 Å². The van der Waals surface area contributed by atoms with Gasteiger partial charge in [-0.25, -0.2) is 0 Å². The van der Waals surface area contributed by atoms with Crippen LogP contribution in [0.15, 0.2) is 16.9 Å². The second-order valence-electron chi connectivity index (χ2n) is 5.79. The lowest BCUT2D eigenvalue weighted by molar-refractivity contribution is 0.314. The summed E-state index contributed by atoms with van der Waals surface area (Å²) in [6.45, 7) is 7.05. The van der Waals surface area contributed by atoms with Crippen LogP contribution in [-0.2, 0) is 6.54 Å². The van der Waals surface area contributed by atoms with Crippen molar-refractivity contribution in [1.29, 1.82) is 0 Å². The lowest BCUT2D eigenvalue weighted by atomic mass is 10.2. The molecular formula is C14H21N5O. The fourth-order valence-electron chi connectivity index (χ4n) is 2.33. The zero-order valence-electron chi connectivity index (χ0n) is 12.2. The lowest BCUT2D eigenvalue weighted by Crippen LogP contribution is -2.33. The van der Waals surface area contributed by atoms with Crippen molar-refractivity contribution in [2.24, 2.45) is 0 Å². The molecule has 1 N–H and O–H groups in total. The lowest BCUT2D eigenvalue weighted by Gasteiger charge is -2.17. The van der Waals surface area contributed by atoms with Crippen LogP contribution in [0.3, 0.4) is 0 Å². The fraction of sp³-hybridized carbons (Fsp3) is 0.643. The van der Waals surface area contributed by atoms with Crippen LogP contribution in [0.5, 0.6) is 0 Å². The monoisotopic (exact) mass is 275 g/mol. The van der Waals surface area contributed by atoms with Crippen molar-refractivity contribution < 1.29 is 4.52 Å². The molecule has 20 heavy (non-hydrogen) atoms. The Balaban J connectivity index is 1.55. The average molecular weight is 275 g/mol. The minimum Gasteiger partial charge on any atom is -0.338 e. The van der Waals surface area contributed by atoms with E-state index in [9.17, 15) is 0 Å². The molecule has 0 radical (unpaired) electrons. The minimum absolute atomic E-state index is 0.0571. The van der Waals surface area contributed by atoms with Gasteiger partial charge in [-0.05, 0) is 39.2 Å². The van der Waals surface area contributed by atoms with Gasteiger partial charge < -0.3 is 9.84 Å². The van der Waals surface area contributed by atoms with Crippen molar-refractivity contribution >= 4 is 0 Å². The van der Waals surface area contributed by atoms with Gasteiger partial charge in [-0.1, -0.05) is 5.16 Å². The van der Waals surface area contributed by atoms with E-state index in [0.29, 0.717) is 11.8 Å². The van der Waals surface area contributed by atoms with Crippen LogP contribution >= 0.6 is 0 Å². The molecule has 2 heterocycles. The Hall–Kier alpha value is -1.69. The van der Waals surface area contributed by atoms with E-state index in [-0.39, 0.29) is 12.1 Å². The predicted molar refractivity (Wildman–Crippen MR) is 74.2 cm³/mol. The maximum Gasteiger partial charge on any atom is 0.243 e. The summed E-state index contributed by atoms with van der Waals surface area (Å²) in [5.74, 6) is 2.07. The van der Waals surface area contributed by atoms with E-state index in [2.05, 4.69) is 34.4 Å². The quantitative estimate of drug-likeness (QED) is 0.875. The molecule has 0 unspecified atom stereocenters. The van der Waals surface area contributed by atoms with Gasteiger partial charge in [0.15, 0.2) is 5.82 Å². The molecule has 108 valence electrons. The summed E-state index contributed by atoms with van der Waals surface area (Å²) in [5.41, 5.74) is 1.18. The first-order valence-corrected chi connectivity index (χ1v) is 7.20. The highest BCUT2D eigenvalue weighted by Crippen LogP contribution is 2.38. The number of aryl methyl sites for hydroxylation is 1. The van der Waals surface area contributed by atoms with Crippen LogP contribution in [0, 0.1) is 6.92 Å². The topological polar surface area (TPSA) is 68.8 Å². The normalized spacial score (nSPS) is 18.1. The van der Waals surface area contributed by atoms with Crippen molar-refractivity contribution in [3.63, 3.8) is 0 Å². The van der Waals surface area contributed by atoms with E-state index < -0.39 is 0 Å². The van der Waals surface area contributed by atoms with Gasteiger partial charge in [0.25, 0.3) is 0 Å². The Kier molecular flexibility index (Phi) is 3.56. The first-order valence-electron chi connectivity index (χ1n) is 7.20. The van der Waals surface area contributed by atoms with E-state index >= 15 is 0 Å². The van der Waals surface area contributed by atoms with Crippen LogP contribution < -0.4 is 5.32 Å². The summed E-state index contributed by atoms with van der Waals surface area (Å²) in [4.78, 5) is 4.47. The number of hydrogen-bond acceptors (Lipinski definition) is 5. The minimum atomic E-state index is 0.0571. The molecular weight excluding hydrogens is 254 g/mol. The highest BCUT2D eigenvalue weighted by Gasteiger charge is 2.29. The van der Waals surface area contributed by atoms with Gasteiger partial charge in [-0.3, -0.25) is 4.68 Å². The number of nitrogens with one attached hydrogen (secondary N) is 1. The molecule has 0 bridgehead atoms. The van der Waals surface area contributed by atoms with Crippen LogP contribution in [0.2, 0.25) is 0 Å². The van der Waals surface area contributed by atoms with Gasteiger partial charge in [-0.2, -0.15) is 10.1 Å². The Bertz CT molecular complexity index is 572. The van der Waals surface area contributed by atoms with Crippen molar-refractivity contribution in [3.05, 3.63) is 29.7 Å². The first-order chi connectivity index (χ1) is 9.61. The fourth-order valence-corrected chi connectivity index (χ4v) is 2.33. The maximum atomic E-state index is 5.34. The highest BCUT2D eigenvalue weighted by molar-refractivity contribution is 5.04. The predicted octanol–water partition coefficient (Wildman–Crippen LogP) is 2.19. The van der Waals surface area contributed by atoms with Crippen molar-refractivity contribution in [2.45, 2.75) is 58.2 Å². The molecule has 2 aromatic rings. The summed E-state index contributed by atoms with van der Waals surface area (Å²) in [5, 5.41) is 11.8. The molecule has 3 rings (SSSR count). The first kappa shape index (κ1) is 13.3. The van der Waals surface area contributed by atoms with Crippen molar-refractivity contribution in [3.8, 4) is 0 Å². The summed E-state index contributed by atoms with van der Waals surface area (Å²) in [7, 11) is 0. The molecule has 2 aromatic heterocycles. The van der Waals surface area contributed by atoms with E-state index in [1.165, 1.54) is 18.4 Å². The molecule has 6 heteroatoms. The molecule has 1 saturated carbocycles. The Labute approximate surface area is 118 Å². The Morgan fingerprint density at radius 1 is 1.45 bits per heavy atom. The summed E-state index contributed by atoms with van der Waals surface area (Å²) < 4.78 is 7.28. The number of aromatic nitrogens is 4. The molecule has 0 aromatic carbocycles. The van der Waals surface area contributed by atoms with Gasteiger partial charge >= 0.3 is 0 Å². The molecule has 0 spiro atoms. The number of rotatable bonds is 6. The standard InChI is InChI=1S/C14H21N5O/c1-9-6-15-19(7-9)8-10(2)16-11(3)14-17-13(18-20-14)12-4-5-12/h6-7,10-12,16H,4-5,8H2,1-3H3/t10-,11-/m0/s1. The molecule has 0 saturated heterocycles. The van der Waals surface area contributed by atoms with Crippen molar-refractivity contribution in [1.82, 2.24) is 25.2 Å². The zero-order chi connectivity index (χ0) is 14.1. The molecule has 0 aliphatic heterocycles. The highest BCUT2D eigenvalue weighted by atomic mass is 16.5. The second-order valence-corrected chi connectivity index (χ2v) is 5.79. The van der Waals surface area contributed by atoms with Gasteiger partial charge in [0, 0.05) is 18.2 Å². The summed E-state index contributed by atoms with van der Waals surface area (Å²) in [6.07, 6.45) is 6.29. The van der Waals surface area contributed by atoms with Crippen LogP contribution in [0.4, 0.5) is 0 Å². The smallest absolute Gasteiger partial charge is 0.243 e. The molecule has 1 aliphatic rings. The largest absolute Gasteiger partial charge is 0.338 e. The summed E-state index contributed by atoms with van der Waals surface area (Å²) in [6, 6.07) is 0.335. The summed E-state index contributed by atoms with van der Waals surface area (Å²) >= 11 is 0. The second kappa shape index (κ2) is 5.36. The molecule has 1 fully saturated rings. The number of nitrogens with zero attached hydrogens (tertiary/aromatic N) is 4. The van der Waals surface area contributed by atoms with Crippen LogP contribution in [0.1, 0.15) is 55.9 Å². The third-order valence-electron chi connectivity index (χ3n) is 3.53. The van der Waals surface area contributed by atoms with Gasteiger partial charge in [0.2, 0.25) is 5.89 Å². The van der Waals surface area contributed by atoms with E-state index in [1.807, 2.05) is 24.0 Å². The average Bonchev–Trinajstić information content (AvgIpc) is 2.98. The molecule has 0 amide bonds. The molecule has 2 atom stereocenters. The van der Waals surface area contributed by atoms with Crippen LogP contribution in [-0.4, -0.2) is 26.0 Å².